The Hall–Kier alpha value is -1.18. The number of nitrogens with one attached hydrogen (secondary N) is 1. The topological polar surface area (TPSA) is 78.4 Å². The number of rotatable bonds is 4. The van der Waals surface area contributed by atoms with Gasteiger partial charge in [-0.2, -0.15) is 9.97 Å². The monoisotopic (exact) mass is 288 g/mol. The van der Waals surface area contributed by atoms with Crippen molar-refractivity contribution in [2.45, 2.75) is 25.6 Å². The van der Waals surface area contributed by atoms with E-state index in [-0.39, 0.29) is 29.0 Å². The van der Waals surface area contributed by atoms with E-state index in [1.807, 2.05) is 13.8 Å². The fourth-order valence-electron chi connectivity index (χ4n) is 1.80. The molecule has 2 heterocycles. The minimum absolute atomic E-state index is 0.0323. The van der Waals surface area contributed by atoms with E-state index in [0.29, 0.717) is 6.61 Å². The van der Waals surface area contributed by atoms with Crippen LogP contribution in [-0.2, 0) is 4.74 Å². The minimum atomic E-state index is -0.208. The van der Waals surface area contributed by atoms with E-state index in [4.69, 9.17) is 25.8 Å². The zero-order valence-electron chi connectivity index (χ0n) is 11.1. The Bertz CT molecular complexity index is 444. The van der Waals surface area contributed by atoms with Gasteiger partial charge < -0.3 is 19.5 Å². The number of morpholine rings is 1. The fourth-order valence-corrected chi connectivity index (χ4v) is 1.94. The first kappa shape index (κ1) is 14.2. The van der Waals surface area contributed by atoms with Crippen LogP contribution in [0, 0.1) is 0 Å². The second kappa shape index (κ2) is 5.85. The molecule has 1 aromatic heterocycles. The molecule has 1 unspecified atom stereocenters. The van der Waals surface area contributed by atoms with Gasteiger partial charge in [-0.25, -0.2) is 0 Å². The molecule has 7 nitrogen and oxygen atoms in total. The molecule has 0 saturated carbocycles. The van der Waals surface area contributed by atoms with Crippen molar-refractivity contribution in [3.8, 4) is 12.0 Å². The summed E-state index contributed by atoms with van der Waals surface area (Å²) in [5.74, 6) is 0. The molecule has 19 heavy (non-hydrogen) atoms. The van der Waals surface area contributed by atoms with E-state index >= 15 is 0 Å². The molecule has 1 aliphatic heterocycles. The summed E-state index contributed by atoms with van der Waals surface area (Å²) < 4.78 is 16.2. The molecule has 0 radical (unpaired) electrons. The molecule has 1 aromatic rings. The first-order chi connectivity index (χ1) is 8.98. The van der Waals surface area contributed by atoms with Gasteiger partial charge in [-0.15, -0.1) is 4.98 Å². The highest BCUT2D eigenvalue weighted by atomic mass is 35.5. The van der Waals surface area contributed by atoms with Gasteiger partial charge in [0.15, 0.2) is 0 Å². The molecular weight excluding hydrogens is 272 g/mol. The van der Waals surface area contributed by atoms with Crippen LogP contribution in [0.5, 0.6) is 12.0 Å². The number of methoxy groups -OCH3 is 1. The van der Waals surface area contributed by atoms with Crippen molar-refractivity contribution in [1.29, 1.82) is 0 Å². The summed E-state index contributed by atoms with van der Waals surface area (Å²) in [4.78, 5) is 11.6. The van der Waals surface area contributed by atoms with E-state index in [1.54, 1.807) is 0 Å². The molecule has 0 aromatic carbocycles. The van der Waals surface area contributed by atoms with Crippen molar-refractivity contribution in [2.24, 2.45) is 0 Å². The van der Waals surface area contributed by atoms with Gasteiger partial charge in [-0.05, 0) is 25.4 Å². The van der Waals surface area contributed by atoms with E-state index in [2.05, 4.69) is 20.3 Å². The fraction of sp³-hybridized carbons (Fsp3) is 0.727. The summed E-state index contributed by atoms with van der Waals surface area (Å²) in [5, 5.41) is 3.32. The Morgan fingerprint density at radius 3 is 2.79 bits per heavy atom. The third-order valence-corrected chi connectivity index (χ3v) is 2.73. The van der Waals surface area contributed by atoms with Gasteiger partial charge in [0, 0.05) is 13.1 Å². The highest BCUT2D eigenvalue weighted by molar-refractivity contribution is 6.28. The maximum Gasteiger partial charge on any atom is 0.324 e. The lowest BCUT2D eigenvalue weighted by atomic mass is 10.1. The standard InChI is InChI=1S/C11H17ClN4O3/c1-11(2)6-13-4-7(19-11)5-18-10-15-8(12)14-9(16-10)17-3/h7,13H,4-6H2,1-3H3. The Morgan fingerprint density at radius 1 is 1.37 bits per heavy atom. The molecule has 1 saturated heterocycles. The van der Waals surface area contributed by atoms with Crippen molar-refractivity contribution >= 4 is 11.6 Å². The Balaban J connectivity index is 1.93. The average molecular weight is 289 g/mol. The molecule has 1 atom stereocenters. The first-order valence-electron chi connectivity index (χ1n) is 5.95. The van der Waals surface area contributed by atoms with Crippen LogP contribution in [0.2, 0.25) is 5.28 Å². The number of halogens is 1. The summed E-state index contributed by atoms with van der Waals surface area (Å²) in [6, 6.07) is 0.252. The van der Waals surface area contributed by atoms with Gasteiger partial charge in [0.25, 0.3) is 0 Å². The van der Waals surface area contributed by atoms with Gasteiger partial charge in [-0.3, -0.25) is 0 Å². The number of ether oxygens (including phenoxy) is 3. The number of nitrogens with zero attached hydrogens (tertiary/aromatic N) is 3. The van der Waals surface area contributed by atoms with Gasteiger partial charge >= 0.3 is 12.0 Å². The molecule has 8 heteroatoms. The molecular formula is C11H17ClN4O3. The second-order valence-electron chi connectivity index (χ2n) is 4.82. The Labute approximate surface area is 116 Å². The summed E-state index contributed by atoms with van der Waals surface area (Å²) in [6.45, 7) is 5.91. The van der Waals surface area contributed by atoms with Gasteiger partial charge in [0.2, 0.25) is 5.28 Å². The molecule has 1 aliphatic rings. The normalized spacial score (nSPS) is 22.0. The van der Waals surface area contributed by atoms with Crippen LogP contribution >= 0.6 is 11.6 Å². The Morgan fingerprint density at radius 2 is 2.11 bits per heavy atom. The van der Waals surface area contributed by atoms with Crippen LogP contribution in [0.3, 0.4) is 0 Å². The average Bonchev–Trinajstić information content (AvgIpc) is 2.34. The molecule has 106 valence electrons. The summed E-state index contributed by atoms with van der Waals surface area (Å²) in [6.07, 6.45) is -0.0646. The second-order valence-corrected chi connectivity index (χ2v) is 5.15. The van der Waals surface area contributed by atoms with Crippen LogP contribution in [0.15, 0.2) is 0 Å². The van der Waals surface area contributed by atoms with E-state index < -0.39 is 0 Å². The maximum absolute atomic E-state index is 5.86. The largest absolute Gasteiger partial charge is 0.467 e. The minimum Gasteiger partial charge on any atom is -0.467 e. The number of aromatic nitrogens is 3. The molecule has 0 amide bonds. The van der Waals surface area contributed by atoms with Crippen molar-refractivity contribution in [3.63, 3.8) is 0 Å². The predicted molar refractivity (Wildman–Crippen MR) is 68.7 cm³/mol. The van der Waals surface area contributed by atoms with Crippen molar-refractivity contribution in [2.75, 3.05) is 26.8 Å². The quantitative estimate of drug-likeness (QED) is 0.873. The maximum atomic E-state index is 5.86. The van der Waals surface area contributed by atoms with E-state index in [9.17, 15) is 0 Å². The van der Waals surface area contributed by atoms with Crippen molar-refractivity contribution in [3.05, 3.63) is 5.28 Å². The molecule has 0 bridgehead atoms. The van der Waals surface area contributed by atoms with E-state index in [0.717, 1.165) is 13.1 Å². The highest BCUT2D eigenvalue weighted by Crippen LogP contribution is 2.17. The van der Waals surface area contributed by atoms with Crippen LogP contribution in [0.25, 0.3) is 0 Å². The molecule has 2 rings (SSSR count). The summed E-state index contributed by atoms with van der Waals surface area (Å²) in [5.41, 5.74) is -0.208. The van der Waals surface area contributed by atoms with Crippen LogP contribution in [0.4, 0.5) is 0 Å². The lowest BCUT2D eigenvalue weighted by molar-refractivity contribution is -0.107. The smallest absolute Gasteiger partial charge is 0.324 e. The Kier molecular flexibility index (Phi) is 4.38. The van der Waals surface area contributed by atoms with Gasteiger partial charge in [0.05, 0.1) is 12.7 Å². The lowest BCUT2D eigenvalue weighted by Gasteiger charge is -2.36. The van der Waals surface area contributed by atoms with Gasteiger partial charge in [-0.1, -0.05) is 0 Å². The van der Waals surface area contributed by atoms with Crippen LogP contribution < -0.4 is 14.8 Å². The number of hydrogen-bond acceptors (Lipinski definition) is 7. The van der Waals surface area contributed by atoms with Crippen LogP contribution in [-0.4, -0.2) is 53.5 Å². The molecule has 0 spiro atoms. The number of hydrogen-bond donors (Lipinski definition) is 1. The summed E-state index contributed by atoms with van der Waals surface area (Å²) >= 11 is 5.73. The molecule has 1 fully saturated rings. The SMILES string of the molecule is COc1nc(Cl)nc(OCC2CNCC(C)(C)O2)n1. The predicted octanol–water partition coefficient (Wildman–Crippen LogP) is 0.679. The van der Waals surface area contributed by atoms with Crippen molar-refractivity contribution < 1.29 is 14.2 Å². The lowest BCUT2D eigenvalue weighted by Crippen LogP contribution is -2.52. The first-order valence-corrected chi connectivity index (χ1v) is 6.33. The third-order valence-electron chi connectivity index (χ3n) is 2.56. The van der Waals surface area contributed by atoms with Crippen molar-refractivity contribution in [1.82, 2.24) is 20.3 Å². The molecule has 1 N–H and O–H groups in total. The van der Waals surface area contributed by atoms with Crippen LogP contribution in [0.1, 0.15) is 13.8 Å². The zero-order chi connectivity index (χ0) is 13.9. The van der Waals surface area contributed by atoms with Gasteiger partial charge in [0.1, 0.15) is 12.7 Å². The third kappa shape index (κ3) is 4.15. The highest BCUT2D eigenvalue weighted by Gasteiger charge is 2.28. The summed E-state index contributed by atoms with van der Waals surface area (Å²) in [7, 11) is 1.45. The molecule has 0 aliphatic carbocycles. The zero-order valence-corrected chi connectivity index (χ0v) is 11.9. The van der Waals surface area contributed by atoms with E-state index in [1.165, 1.54) is 7.11 Å².